The highest BCUT2D eigenvalue weighted by Crippen LogP contribution is 2.21. The number of hydrogen-bond acceptors (Lipinski definition) is 4. The smallest absolute Gasteiger partial charge is 0.332 e. The molecule has 0 radical (unpaired) electrons. The summed E-state index contributed by atoms with van der Waals surface area (Å²) in [6.45, 7) is 0. The number of carboxylic acids is 2. The summed E-state index contributed by atoms with van der Waals surface area (Å²) in [5.74, 6) is -4.88. The first-order chi connectivity index (χ1) is 12.0. The van der Waals surface area contributed by atoms with Crippen LogP contribution in [0.15, 0.2) is 66.2 Å². The second kappa shape index (κ2) is 8.44. The Morgan fingerprint density at radius 3 is 2.00 bits per heavy atom. The molecule has 6 nitrogen and oxygen atoms in total. The van der Waals surface area contributed by atoms with E-state index in [0.717, 1.165) is 0 Å². The van der Waals surface area contributed by atoms with Gasteiger partial charge in [0.15, 0.2) is 0 Å². The van der Waals surface area contributed by atoms with Gasteiger partial charge in [-0.15, -0.1) is 0 Å². The molecule has 0 aliphatic heterocycles. The van der Waals surface area contributed by atoms with Crippen molar-refractivity contribution in [1.82, 2.24) is 0 Å². The van der Waals surface area contributed by atoms with Gasteiger partial charge in [0.2, 0.25) is 0 Å². The number of benzene rings is 2. The fraction of sp³-hybridized carbons (Fsp3) is 0.105. The minimum Gasteiger partial charge on any atom is -0.481 e. The maximum Gasteiger partial charge on any atom is 0.332 e. The minimum atomic E-state index is -1.52. The van der Waals surface area contributed by atoms with Gasteiger partial charge in [0.05, 0.1) is 17.9 Å². The van der Waals surface area contributed by atoms with Crippen molar-refractivity contribution in [3.8, 4) is 5.75 Å². The molecule has 2 rings (SSSR count). The van der Waals surface area contributed by atoms with Gasteiger partial charge in [-0.25, -0.2) is 4.79 Å². The number of rotatable bonds is 7. The van der Waals surface area contributed by atoms with E-state index < -0.39 is 30.2 Å². The van der Waals surface area contributed by atoms with Gasteiger partial charge in [-0.1, -0.05) is 48.5 Å². The predicted octanol–water partition coefficient (Wildman–Crippen LogP) is 2.85. The number of para-hydroxylation sites is 1. The molecular weight excluding hydrogens is 324 g/mol. The fourth-order valence-electron chi connectivity index (χ4n) is 2.20. The van der Waals surface area contributed by atoms with Crippen LogP contribution in [-0.2, 0) is 14.4 Å². The standard InChI is InChI=1S/C19H16O6/c20-17(25-14-9-5-2-6-10-14)12-16(19(23)24)15(18(21)22)11-13-7-3-1-4-8-13/h1-11,16H,12H2,(H,21,22)(H,23,24). The van der Waals surface area contributed by atoms with Gasteiger partial charge in [-0.05, 0) is 23.8 Å². The molecule has 2 aromatic rings. The topological polar surface area (TPSA) is 101 Å². The van der Waals surface area contributed by atoms with Crippen molar-refractivity contribution in [2.75, 3.05) is 0 Å². The van der Waals surface area contributed by atoms with Crippen LogP contribution in [0.5, 0.6) is 5.75 Å². The van der Waals surface area contributed by atoms with Crippen molar-refractivity contribution >= 4 is 24.0 Å². The van der Waals surface area contributed by atoms with E-state index >= 15 is 0 Å². The van der Waals surface area contributed by atoms with Crippen molar-refractivity contribution in [2.45, 2.75) is 6.42 Å². The maximum absolute atomic E-state index is 12.0. The van der Waals surface area contributed by atoms with E-state index in [4.69, 9.17) is 4.74 Å². The van der Waals surface area contributed by atoms with Gasteiger partial charge in [-0.2, -0.15) is 0 Å². The summed E-state index contributed by atoms with van der Waals surface area (Å²) in [6.07, 6.45) is 0.659. The first-order valence-corrected chi connectivity index (χ1v) is 7.46. The summed E-state index contributed by atoms with van der Waals surface area (Å²) in [4.78, 5) is 35.0. The van der Waals surface area contributed by atoms with E-state index in [0.29, 0.717) is 5.56 Å². The Bertz CT molecular complexity index is 780. The third-order valence-corrected chi connectivity index (χ3v) is 3.39. The Morgan fingerprint density at radius 2 is 1.48 bits per heavy atom. The Kier molecular flexibility index (Phi) is 6.06. The Balaban J connectivity index is 2.22. The molecule has 1 unspecified atom stereocenters. The molecule has 25 heavy (non-hydrogen) atoms. The summed E-state index contributed by atoms with van der Waals surface area (Å²) in [5, 5.41) is 18.7. The molecule has 0 amide bonds. The molecule has 0 aliphatic carbocycles. The first-order valence-electron chi connectivity index (χ1n) is 7.46. The Morgan fingerprint density at radius 1 is 0.920 bits per heavy atom. The Labute approximate surface area is 144 Å². The zero-order valence-electron chi connectivity index (χ0n) is 13.2. The number of ether oxygens (including phenoxy) is 1. The molecule has 2 N–H and O–H groups in total. The minimum absolute atomic E-state index is 0.264. The lowest BCUT2D eigenvalue weighted by atomic mass is 9.93. The van der Waals surface area contributed by atoms with Gasteiger partial charge in [0.25, 0.3) is 0 Å². The lowest BCUT2D eigenvalue weighted by molar-refractivity contribution is -0.147. The lowest BCUT2D eigenvalue weighted by Gasteiger charge is -2.13. The number of esters is 1. The van der Waals surface area contributed by atoms with Crippen molar-refractivity contribution in [1.29, 1.82) is 0 Å². The molecule has 1 atom stereocenters. The van der Waals surface area contributed by atoms with Crippen molar-refractivity contribution in [2.24, 2.45) is 5.92 Å². The quantitative estimate of drug-likeness (QED) is 0.457. The number of carbonyl (C=O) groups is 3. The number of carboxylic acid groups (broad SMARTS) is 2. The summed E-state index contributed by atoms with van der Waals surface area (Å²) in [5.41, 5.74) is 0.145. The van der Waals surface area contributed by atoms with Gasteiger partial charge < -0.3 is 14.9 Å². The van der Waals surface area contributed by atoms with Crippen LogP contribution in [0.3, 0.4) is 0 Å². The molecular formula is C19H16O6. The molecule has 0 saturated carbocycles. The van der Waals surface area contributed by atoms with Crippen molar-refractivity contribution < 1.29 is 29.3 Å². The number of hydrogen-bond donors (Lipinski definition) is 2. The van der Waals surface area contributed by atoms with E-state index in [1.54, 1.807) is 60.7 Å². The van der Waals surface area contributed by atoms with Gasteiger partial charge in [0.1, 0.15) is 5.75 Å². The second-order valence-corrected chi connectivity index (χ2v) is 5.20. The highest BCUT2D eigenvalue weighted by molar-refractivity contribution is 5.99. The highest BCUT2D eigenvalue weighted by atomic mass is 16.5. The van der Waals surface area contributed by atoms with E-state index in [-0.39, 0.29) is 11.3 Å². The van der Waals surface area contributed by atoms with E-state index in [1.807, 2.05) is 0 Å². The molecule has 0 aromatic heterocycles. The third-order valence-electron chi connectivity index (χ3n) is 3.39. The highest BCUT2D eigenvalue weighted by Gasteiger charge is 2.30. The van der Waals surface area contributed by atoms with E-state index in [9.17, 15) is 24.6 Å². The average Bonchev–Trinajstić information content (AvgIpc) is 2.59. The van der Waals surface area contributed by atoms with Crippen LogP contribution in [0.1, 0.15) is 12.0 Å². The predicted molar refractivity (Wildman–Crippen MR) is 89.9 cm³/mol. The molecule has 0 heterocycles. The van der Waals surface area contributed by atoms with Crippen LogP contribution in [0.4, 0.5) is 0 Å². The second-order valence-electron chi connectivity index (χ2n) is 5.20. The zero-order valence-corrected chi connectivity index (χ0v) is 13.2. The summed E-state index contributed by atoms with van der Waals surface area (Å²) in [6, 6.07) is 16.6. The summed E-state index contributed by atoms with van der Waals surface area (Å²) >= 11 is 0. The van der Waals surface area contributed by atoms with Crippen LogP contribution in [0, 0.1) is 5.92 Å². The molecule has 0 fully saturated rings. The molecule has 0 aliphatic rings. The first kappa shape index (κ1) is 17.9. The van der Waals surface area contributed by atoms with Crippen LogP contribution in [0.2, 0.25) is 0 Å². The molecule has 128 valence electrons. The van der Waals surface area contributed by atoms with Crippen LogP contribution >= 0.6 is 0 Å². The average molecular weight is 340 g/mol. The summed E-state index contributed by atoms with van der Waals surface area (Å²) in [7, 11) is 0. The van der Waals surface area contributed by atoms with Gasteiger partial charge in [0, 0.05) is 0 Å². The van der Waals surface area contributed by atoms with E-state index in [2.05, 4.69) is 0 Å². The SMILES string of the molecule is O=C(CC(C(=O)O)C(=Cc1ccccc1)C(=O)O)Oc1ccccc1. The monoisotopic (exact) mass is 340 g/mol. The molecule has 0 bridgehead atoms. The number of aliphatic carboxylic acids is 2. The van der Waals surface area contributed by atoms with Crippen LogP contribution in [0.25, 0.3) is 6.08 Å². The molecule has 2 aromatic carbocycles. The van der Waals surface area contributed by atoms with Gasteiger partial charge in [-0.3, -0.25) is 9.59 Å². The lowest BCUT2D eigenvalue weighted by Crippen LogP contribution is -2.26. The number of carbonyl (C=O) groups excluding carboxylic acids is 1. The molecule has 6 heteroatoms. The molecule has 0 spiro atoms. The maximum atomic E-state index is 12.0. The van der Waals surface area contributed by atoms with E-state index in [1.165, 1.54) is 6.08 Å². The van der Waals surface area contributed by atoms with Gasteiger partial charge >= 0.3 is 17.9 Å². The van der Waals surface area contributed by atoms with Crippen LogP contribution < -0.4 is 4.74 Å². The Hall–Kier alpha value is -3.41. The van der Waals surface area contributed by atoms with Crippen molar-refractivity contribution in [3.63, 3.8) is 0 Å². The van der Waals surface area contributed by atoms with Crippen molar-refractivity contribution in [3.05, 3.63) is 71.8 Å². The van der Waals surface area contributed by atoms with Crippen LogP contribution in [-0.4, -0.2) is 28.1 Å². The third kappa shape index (κ3) is 5.31. The fourth-order valence-corrected chi connectivity index (χ4v) is 2.20. The zero-order chi connectivity index (χ0) is 18.2. The largest absolute Gasteiger partial charge is 0.481 e. The summed E-state index contributed by atoms with van der Waals surface area (Å²) < 4.78 is 5.05. The normalized spacial score (nSPS) is 12.2. The molecule has 0 saturated heterocycles.